The minimum Gasteiger partial charge on any atom is -0.462 e. The van der Waals surface area contributed by atoms with E-state index in [4.69, 9.17) is 14.2 Å². The summed E-state index contributed by atoms with van der Waals surface area (Å²) in [5, 5.41) is 0. The van der Waals surface area contributed by atoms with Crippen LogP contribution in [-0.2, 0) is 28.6 Å². The van der Waals surface area contributed by atoms with Gasteiger partial charge in [-0.05, 0) is 44.9 Å². The largest absolute Gasteiger partial charge is 0.462 e. The van der Waals surface area contributed by atoms with Crippen molar-refractivity contribution in [3.8, 4) is 0 Å². The number of rotatable bonds is 56. The summed E-state index contributed by atoms with van der Waals surface area (Å²) in [6, 6.07) is 0. The average Bonchev–Trinajstić information content (AvgIpc) is 3.33. The number of unbranched alkanes of at least 4 members (excludes halogenated alkanes) is 43. The van der Waals surface area contributed by atoms with Crippen molar-refractivity contribution < 1.29 is 28.6 Å². The van der Waals surface area contributed by atoms with Crippen LogP contribution in [0.3, 0.4) is 0 Å². The molecule has 0 heterocycles. The minimum atomic E-state index is -0.767. The van der Waals surface area contributed by atoms with Crippen molar-refractivity contribution in [2.24, 2.45) is 0 Å². The molecule has 67 heavy (non-hydrogen) atoms. The molecular formula is C61H116O6. The summed E-state index contributed by atoms with van der Waals surface area (Å²) >= 11 is 0. The Morgan fingerprint density at radius 2 is 0.493 bits per heavy atom. The van der Waals surface area contributed by atoms with Gasteiger partial charge < -0.3 is 14.2 Å². The zero-order valence-electron chi connectivity index (χ0n) is 45.5. The Labute approximate surface area is 418 Å². The molecule has 0 N–H and O–H groups in total. The highest BCUT2D eigenvalue weighted by atomic mass is 16.6. The fourth-order valence-corrected chi connectivity index (χ4v) is 9.21. The normalized spacial score (nSPS) is 12.0. The molecule has 0 aliphatic carbocycles. The molecule has 396 valence electrons. The van der Waals surface area contributed by atoms with E-state index in [9.17, 15) is 14.4 Å². The van der Waals surface area contributed by atoms with Crippen molar-refractivity contribution in [3.63, 3.8) is 0 Å². The van der Waals surface area contributed by atoms with Crippen LogP contribution in [0.5, 0.6) is 0 Å². The molecule has 0 aromatic rings. The predicted octanol–water partition coefficient (Wildman–Crippen LogP) is 20.1. The number of hydrogen-bond acceptors (Lipinski definition) is 6. The standard InChI is InChI=1S/C61H116O6/c1-4-7-10-13-15-17-19-21-23-24-25-26-27-28-29-30-31-32-33-34-35-36-38-39-41-43-45-48-51-54-60(63)66-57-58(56-65-59(62)53-50-47-12-9-6-3)67-61(64)55-52-49-46-44-42-40-37-22-20-18-16-14-11-8-5-2/h22,37,58H,4-21,23-36,38-57H2,1-3H3/b37-22-. The van der Waals surface area contributed by atoms with E-state index < -0.39 is 6.10 Å². The fraction of sp³-hybridized carbons (Fsp3) is 0.918. The van der Waals surface area contributed by atoms with Crippen LogP contribution in [-0.4, -0.2) is 37.2 Å². The van der Waals surface area contributed by atoms with Gasteiger partial charge in [0.05, 0.1) is 0 Å². The molecule has 0 rings (SSSR count). The van der Waals surface area contributed by atoms with Crippen LogP contribution < -0.4 is 0 Å². The summed E-state index contributed by atoms with van der Waals surface area (Å²) in [5.74, 6) is -0.872. The second-order valence-corrected chi connectivity index (χ2v) is 20.6. The first-order valence-corrected chi connectivity index (χ1v) is 30.2. The first kappa shape index (κ1) is 65.1. The summed E-state index contributed by atoms with van der Waals surface area (Å²) in [5.41, 5.74) is 0. The van der Waals surface area contributed by atoms with Gasteiger partial charge in [0, 0.05) is 19.3 Å². The lowest BCUT2D eigenvalue weighted by molar-refractivity contribution is -0.167. The second-order valence-electron chi connectivity index (χ2n) is 20.6. The summed E-state index contributed by atoms with van der Waals surface area (Å²) in [4.78, 5) is 37.8. The third-order valence-electron chi connectivity index (χ3n) is 13.8. The second kappa shape index (κ2) is 56.7. The van der Waals surface area contributed by atoms with Crippen molar-refractivity contribution >= 4 is 17.9 Å². The van der Waals surface area contributed by atoms with Gasteiger partial charge in [-0.15, -0.1) is 0 Å². The van der Waals surface area contributed by atoms with Gasteiger partial charge in [-0.25, -0.2) is 0 Å². The molecule has 0 spiro atoms. The third kappa shape index (κ3) is 55.0. The molecule has 0 aliphatic heterocycles. The van der Waals surface area contributed by atoms with Gasteiger partial charge in [0.1, 0.15) is 13.2 Å². The summed E-state index contributed by atoms with van der Waals surface area (Å²) in [6.07, 6.45) is 65.6. The maximum Gasteiger partial charge on any atom is 0.306 e. The molecule has 0 aromatic carbocycles. The Hall–Kier alpha value is -1.85. The van der Waals surface area contributed by atoms with Gasteiger partial charge in [-0.3, -0.25) is 14.4 Å². The van der Waals surface area contributed by atoms with Crippen LogP contribution in [0.25, 0.3) is 0 Å². The van der Waals surface area contributed by atoms with E-state index in [0.717, 1.165) is 70.6 Å². The molecule has 0 aliphatic rings. The zero-order chi connectivity index (χ0) is 48.6. The molecule has 0 amide bonds. The zero-order valence-corrected chi connectivity index (χ0v) is 45.5. The first-order chi connectivity index (χ1) is 33.0. The van der Waals surface area contributed by atoms with E-state index in [2.05, 4.69) is 32.9 Å². The molecule has 0 saturated carbocycles. The van der Waals surface area contributed by atoms with Crippen molar-refractivity contribution in [3.05, 3.63) is 12.2 Å². The van der Waals surface area contributed by atoms with Crippen LogP contribution in [0, 0.1) is 0 Å². The average molecular weight is 946 g/mol. The van der Waals surface area contributed by atoms with Gasteiger partial charge in [0.15, 0.2) is 6.10 Å². The highest BCUT2D eigenvalue weighted by Crippen LogP contribution is 2.18. The number of hydrogen-bond donors (Lipinski definition) is 0. The Morgan fingerprint density at radius 3 is 0.746 bits per heavy atom. The van der Waals surface area contributed by atoms with Crippen LogP contribution in [0.2, 0.25) is 0 Å². The quantitative estimate of drug-likeness (QED) is 0.0262. The van der Waals surface area contributed by atoms with Gasteiger partial charge in [0.25, 0.3) is 0 Å². The van der Waals surface area contributed by atoms with Gasteiger partial charge >= 0.3 is 17.9 Å². The molecule has 0 fully saturated rings. The maximum atomic E-state index is 12.7. The Kier molecular flexibility index (Phi) is 55.2. The van der Waals surface area contributed by atoms with Gasteiger partial charge in [-0.2, -0.15) is 0 Å². The maximum absolute atomic E-state index is 12.7. The van der Waals surface area contributed by atoms with E-state index in [-0.39, 0.29) is 31.1 Å². The lowest BCUT2D eigenvalue weighted by atomic mass is 10.0. The lowest BCUT2D eigenvalue weighted by Crippen LogP contribution is -2.30. The van der Waals surface area contributed by atoms with E-state index in [0.29, 0.717) is 19.3 Å². The molecule has 1 atom stereocenters. The smallest absolute Gasteiger partial charge is 0.306 e. The Balaban J connectivity index is 3.92. The van der Waals surface area contributed by atoms with Gasteiger partial charge in [0.2, 0.25) is 0 Å². The van der Waals surface area contributed by atoms with Gasteiger partial charge in [-0.1, -0.05) is 290 Å². The third-order valence-corrected chi connectivity index (χ3v) is 13.8. The van der Waals surface area contributed by atoms with E-state index in [1.165, 1.54) is 231 Å². The molecule has 0 bridgehead atoms. The number of carbonyl (C=O) groups excluding carboxylic acids is 3. The van der Waals surface area contributed by atoms with Crippen molar-refractivity contribution in [2.75, 3.05) is 13.2 Å². The summed E-state index contributed by atoms with van der Waals surface area (Å²) < 4.78 is 16.7. The SMILES string of the molecule is CCCCCCCC/C=C\CCCCCCCC(=O)OC(COC(=O)CCCCCCC)COC(=O)CCCCCCCCCCCCCCCCCCCCCCCCCCCCCCC. The number of esters is 3. The molecule has 0 radical (unpaired) electrons. The molecular weight excluding hydrogens is 829 g/mol. The minimum absolute atomic E-state index is 0.0692. The Bertz CT molecular complexity index is 1040. The van der Waals surface area contributed by atoms with E-state index >= 15 is 0 Å². The predicted molar refractivity (Wildman–Crippen MR) is 289 cm³/mol. The summed E-state index contributed by atoms with van der Waals surface area (Å²) in [6.45, 7) is 6.60. The van der Waals surface area contributed by atoms with Crippen molar-refractivity contribution in [1.29, 1.82) is 0 Å². The van der Waals surface area contributed by atoms with E-state index in [1.807, 2.05) is 0 Å². The van der Waals surface area contributed by atoms with E-state index in [1.54, 1.807) is 0 Å². The fourth-order valence-electron chi connectivity index (χ4n) is 9.21. The number of allylic oxidation sites excluding steroid dienone is 2. The van der Waals surface area contributed by atoms with Crippen LogP contribution in [0.15, 0.2) is 12.2 Å². The summed E-state index contributed by atoms with van der Waals surface area (Å²) in [7, 11) is 0. The van der Waals surface area contributed by atoms with Crippen molar-refractivity contribution in [2.45, 2.75) is 348 Å². The molecule has 0 aromatic heterocycles. The van der Waals surface area contributed by atoms with Crippen LogP contribution in [0.1, 0.15) is 342 Å². The molecule has 0 saturated heterocycles. The number of ether oxygens (including phenoxy) is 3. The van der Waals surface area contributed by atoms with Crippen LogP contribution >= 0.6 is 0 Å². The van der Waals surface area contributed by atoms with Crippen molar-refractivity contribution in [1.82, 2.24) is 0 Å². The Morgan fingerprint density at radius 1 is 0.284 bits per heavy atom. The highest BCUT2D eigenvalue weighted by molar-refractivity contribution is 5.71. The molecule has 1 unspecified atom stereocenters. The topological polar surface area (TPSA) is 78.9 Å². The lowest BCUT2D eigenvalue weighted by Gasteiger charge is -2.18. The monoisotopic (exact) mass is 945 g/mol. The molecule has 6 nitrogen and oxygen atoms in total. The molecule has 6 heteroatoms. The number of carbonyl (C=O) groups is 3. The van der Waals surface area contributed by atoms with Crippen LogP contribution in [0.4, 0.5) is 0 Å². The highest BCUT2D eigenvalue weighted by Gasteiger charge is 2.19. The first-order valence-electron chi connectivity index (χ1n) is 30.2.